The first kappa shape index (κ1) is 13.9. The third kappa shape index (κ3) is 3.68. The average molecular weight is 260 g/mol. The quantitative estimate of drug-likeness (QED) is 0.871. The predicted octanol–water partition coefficient (Wildman–Crippen LogP) is 1.85. The summed E-state index contributed by atoms with van der Waals surface area (Å²) in [5, 5.41) is 11.8. The number of hydrogen-bond acceptors (Lipinski definition) is 2. The molecular weight excluding hydrogens is 245 g/mol. The van der Waals surface area contributed by atoms with Gasteiger partial charge in [0.1, 0.15) is 11.9 Å². The zero-order chi connectivity index (χ0) is 11.5. The smallest absolute Gasteiger partial charge is 0.320 e. The Hall–Kier alpha value is -1.13. The van der Waals surface area contributed by atoms with E-state index in [0.717, 1.165) is 12.0 Å². The summed E-state index contributed by atoms with van der Waals surface area (Å²) in [5.41, 5.74) is 1.05. The molecule has 1 aromatic carbocycles. The maximum absolute atomic E-state index is 12.7. The number of nitrogens with one attached hydrogen (secondary N) is 1. The van der Waals surface area contributed by atoms with Crippen LogP contribution in [0.2, 0.25) is 0 Å². The van der Waals surface area contributed by atoms with E-state index in [4.69, 9.17) is 5.11 Å². The van der Waals surface area contributed by atoms with Gasteiger partial charge >= 0.3 is 5.97 Å². The Morgan fingerprint density at radius 1 is 1.41 bits per heavy atom. The fourth-order valence-electron chi connectivity index (χ4n) is 2.11. The molecule has 0 bridgehead atoms. The number of aliphatic carboxylic acids is 1. The van der Waals surface area contributed by atoms with E-state index in [1.54, 1.807) is 12.1 Å². The van der Waals surface area contributed by atoms with Crippen molar-refractivity contribution < 1.29 is 14.3 Å². The van der Waals surface area contributed by atoms with Crippen molar-refractivity contribution in [1.29, 1.82) is 0 Å². The summed E-state index contributed by atoms with van der Waals surface area (Å²) >= 11 is 0. The number of hydrogen-bond donors (Lipinski definition) is 2. The standard InChI is InChI=1S/C12H14FNO2.ClH/c13-10-3-1-8(2-4-10)5-9-6-11(12(15)16)14-7-9;/h1-4,9,11,14H,5-7H2,(H,15,16);1H/t9-,11+;/m1./s1. The summed E-state index contributed by atoms with van der Waals surface area (Å²) in [6, 6.07) is 5.96. The molecular formula is C12H15ClFNO2. The minimum absolute atomic E-state index is 0. The van der Waals surface area contributed by atoms with E-state index in [9.17, 15) is 9.18 Å². The van der Waals surface area contributed by atoms with Gasteiger partial charge in [-0.2, -0.15) is 0 Å². The molecule has 2 rings (SSSR count). The van der Waals surface area contributed by atoms with Crippen LogP contribution in [-0.4, -0.2) is 23.7 Å². The van der Waals surface area contributed by atoms with Crippen molar-refractivity contribution in [3.8, 4) is 0 Å². The third-order valence-corrected chi connectivity index (χ3v) is 2.96. The van der Waals surface area contributed by atoms with Gasteiger partial charge in [0.25, 0.3) is 0 Å². The van der Waals surface area contributed by atoms with Crippen LogP contribution in [0.3, 0.4) is 0 Å². The van der Waals surface area contributed by atoms with E-state index >= 15 is 0 Å². The van der Waals surface area contributed by atoms with Gasteiger partial charge in [-0.3, -0.25) is 4.79 Å². The van der Waals surface area contributed by atoms with Crippen molar-refractivity contribution in [1.82, 2.24) is 5.32 Å². The fourth-order valence-corrected chi connectivity index (χ4v) is 2.11. The second-order valence-electron chi connectivity index (χ2n) is 4.23. The van der Waals surface area contributed by atoms with Crippen molar-refractivity contribution in [2.45, 2.75) is 18.9 Å². The van der Waals surface area contributed by atoms with Crippen LogP contribution in [0, 0.1) is 11.7 Å². The summed E-state index contributed by atoms with van der Waals surface area (Å²) in [5.74, 6) is -0.704. The second kappa shape index (κ2) is 5.98. The zero-order valence-electron chi connectivity index (χ0n) is 9.23. The van der Waals surface area contributed by atoms with Crippen molar-refractivity contribution in [3.63, 3.8) is 0 Å². The lowest BCUT2D eigenvalue weighted by Crippen LogP contribution is -2.29. The molecule has 17 heavy (non-hydrogen) atoms. The predicted molar refractivity (Wildman–Crippen MR) is 64.9 cm³/mol. The van der Waals surface area contributed by atoms with Crippen LogP contribution in [0.4, 0.5) is 4.39 Å². The lowest BCUT2D eigenvalue weighted by molar-refractivity contribution is -0.139. The summed E-state index contributed by atoms with van der Waals surface area (Å²) < 4.78 is 12.7. The molecule has 2 N–H and O–H groups in total. The Morgan fingerprint density at radius 3 is 2.59 bits per heavy atom. The first-order valence-corrected chi connectivity index (χ1v) is 5.36. The van der Waals surface area contributed by atoms with Crippen LogP contribution in [0.25, 0.3) is 0 Å². The van der Waals surface area contributed by atoms with E-state index in [1.165, 1.54) is 12.1 Å². The number of halogens is 2. The molecule has 1 aliphatic rings. The van der Waals surface area contributed by atoms with Gasteiger partial charge in [0.15, 0.2) is 0 Å². The summed E-state index contributed by atoms with van der Waals surface area (Å²) in [4.78, 5) is 10.7. The van der Waals surface area contributed by atoms with Gasteiger partial charge in [-0.15, -0.1) is 12.4 Å². The highest BCUT2D eigenvalue weighted by atomic mass is 35.5. The zero-order valence-corrected chi connectivity index (χ0v) is 10.0. The van der Waals surface area contributed by atoms with Gasteiger partial charge in [-0.05, 0) is 43.0 Å². The maximum atomic E-state index is 12.7. The number of rotatable bonds is 3. The molecule has 0 radical (unpaired) electrons. The Morgan fingerprint density at radius 2 is 2.06 bits per heavy atom. The molecule has 2 atom stereocenters. The van der Waals surface area contributed by atoms with Gasteiger partial charge in [0.05, 0.1) is 0 Å². The molecule has 0 saturated carbocycles. The molecule has 94 valence electrons. The van der Waals surface area contributed by atoms with E-state index in [-0.39, 0.29) is 18.2 Å². The highest BCUT2D eigenvalue weighted by molar-refractivity contribution is 5.85. The van der Waals surface area contributed by atoms with Crippen molar-refractivity contribution >= 4 is 18.4 Å². The van der Waals surface area contributed by atoms with Crippen LogP contribution < -0.4 is 5.32 Å². The van der Waals surface area contributed by atoms with Crippen LogP contribution in [0.5, 0.6) is 0 Å². The molecule has 3 nitrogen and oxygen atoms in total. The van der Waals surface area contributed by atoms with Crippen LogP contribution >= 0.6 is 12.4 Å². The Bertz CT molecular complexity index is 383. The fraction of sp³-hybridized carbons (Fsp3) is 0.417. The normalized spacial score (nSPS) is 23.1. The minimum atomic E-state index is -0.790. The molecule has 1 saturated heterocycles. The summed E-state index contributed by atoms with van der Waals surface area (Å²) in [6.07, 6.45) is 1.45. The highest BCUT2D eigenvalue weighted by Gasteiger charge is 2.28. The Kier molecular flexibility index (Phi) is 4.90. The summed E-state index contributed by atoms with van der Waals surface area (Å²) in [6.45, 7) is 0.717. The number of carboxylic acids is 1. The number of benzene rings is 1. The maximum Gasteiger partial charge on any atom is 0.320 e. The second-order valence-corrected chi connectivity index (χ2v) is 4.23. The summed E-state index contributed by atoms with van der Waals surface area (Å²) in [7, 11) is 0. The highest BCUT2D eigenvalue weighted by Crippen LogP contribution is 2.19. The molecule has 5 heteroatoms. The van der Waals surface area contributed by atoms with Crippen molar-refractivity contribution in [2.24, 2.45) is 5.92 Å². The molecule has 0 aliphatic carbocycles. The number of carbonyl (C=O) groups is 1. The van der Waals surface area contributed by atoms with Gasteiger partial charge in [-0.1, -0.05) is 12.1 Å². The van der Waals surface area contributed by atoms with Gasteiger partial charge in [-0.25, -0.2) is 4.39 Å². The van der Waals surface area contributed by atoms with E-state index in [2.05, 4.69) is 5.32 Å². The van der Waals surface area contributed by atoms with Gasteiger partial charge in [0.2, 0.25) is 0 Å². The van der Waals surface area contributed by atoms with Crippen LogP contribution in [0.15, 0.2) is 24.3 Å². The molecule has 1 heterocycles. The monoisotopic (exact) mass is 259 g/mol. The molecule has 0 amide bonds. The average Bonchev–Trinajstić information content (AvgIpc) is 2.70. The van der Waals surface area contributed by atoms with E-state index in [1.807, 2.05) is 0 Å². The lowest BCUT2D eigenvalue weighted by Gasteiger charge is -2.08. The van der Waals surface area contributed by atoms with Crippen LogP contribution in [0.1, 0.15) is 12.0 Å². The molecule has 1 fully saturated rings. The Balaban J connectivity index is 0.00000144. The Labute approximate surface area is 105 Å². The van der Waals surface area contributed by atoms with Crippen molar-refractivity contribution in [3.05, 3.63) is 35.6 Å². The topological polar surface area (TPSA) is 49.3 Å². The third-order valence-electron chi connectivity index (χ3n) is 2.96. The number of carboxylic acid groups (broad SMARTS) is 1. The lowest BCUT2D eigenvalue weighted by atomic mass is 9.97. The van der Waals surface area contributed by atoms with E-state index < -0.39 is 12.0 Å². The molecule has 1 aliphatic heterocycles. The first-order chi connectivity index (χ1) is 7.65. The molecule has 0 unspecified atom stereocenters. The van der Waals surface area contributed by atoms with E-state index in [0.29, 0.717) is 18.9 Å². The van der Waals surface area contributed by atoms with Gasteiger partial charge < -0.3 is 10.4 Å². The van der Waals surface area contributed by atoms with Crippen LogP contribution in [-0.2, 0) is 11.2 Å². The van der Waals surface area contributed by atoms with Crippen molar-refractivity contribution in [2.75, 3.05) is 6.54 Å². The van der Waals surface area contributed by atoms with Gasteiger partial charge in [0, 0.05) is 0 Å². The molecule has 0 spiro atoms. The molecule has 0 aromatic heterocycles. The SMILES string of the molecule is Cl.O=C(O)[C@@H]1C[C@@H](Cc2ccc(F)cc2)CN1. The first-order valence-electron chi connectivity index (χ1n) is 5.36. The molecule has 1 aromatic rings. The minimum Gasteiger partial charge on any atom is -0.480 e. The largest absolute Gasteiger partial charge is 0.480 e.